The molecule has 5 nitrogen and oxygen atoms in total. The molecule has 0 spiro atoms. The number of ether oxygens (including phenoxy) is 1. The molecule has 1 N–H and O–H groups in total. The number of amides is 2. The van der Waals surface area contributed by atoms with Crippen molar-refractivity contribution in [1.82, 2.24) is 10.2 Å². The summed E-state index contributed by atoms with van der Waals surface area (Å²) in [4.78, 5) is 25.2. The number of carbonyl (C=O) groups is 2. The van der Waals surface area contributed by atoms with Crippen molar-refractivity contribution in [3.8, 4) is 12.3 Å². The van der Waals surface area contributed by atoms with Crippen molar-refractivity contribution in [2.24, 2.45) is 0 Å². The summed E-state index contributed by atoms with van der Waals surface area (Å²) in [5.41, 5.74) is -0.556. The van der Waals surface area contributed by atoms with Gasteiger partial charge in [-0.15, -0.1) is 6.42 Å². The lowest BCUT2D eigenvalue weighted by atomic mass is 10.2. The fourth-order valence-corrected chi connectivity index (χ4v) is 1.83. The monoisotopic (exact) mass is 252 g/mol. The summed E-state index contributed by atoms with van der Waals surface area (Å²) in [5.74, 6) is 2.13. The van der Waals surface area contributed by atoms with Crippen LogP contribution in [0.15, 0.2) is 0 Å². The number of likely N-dealkylation sites (tertiary alicyclic amines) is 1. The van der Waals surface area contributed by atoms with E-state index in [0.717, 1.165) is 6.42 Å². The van der Waals surface area contributed by atoms with E-state index in [0.29, 0.717) is 13.0 Å². The molecule has 18 heavy (non-hydrogen) atoms. The summed E-state index contributed by atoms with van der Waals surface area (Å²) < 4.78 is 5.27. The zero-order valence-electron chi connectivity index (χ0n) is 11.2. The molecule has 1 aliphatic rings. The molecule has 0 radical (unpaired) electrons. The molecule has 5 heteroatoms. The highest BCUT2D eigenvalue weighted by molar-refractivity contribution is 5.86. The van der Waals surface area contributed by atoms with Crippen molar-refractivity contribution in [2.75, 3.05) is 13.1 Å². The largest absolute Gasteiger partial charge is 0.444 e. The molecule has 0 saturated carbocycles. The van der Waals surface area contributed by atoms with Gasteiger partial charge in [-0.2, -0.15) is 0 Å². The topological polar surface area (TPSA) is 58.6 Å². The van der Waals surface area contributed by atoms with Crippen LogP contribution in [0, 0.1) is 12.3 Å². The van der Waals surface area contributed by atoms with Gasteiger partial charge in [0.2, 0.25) is 5.91 Å². The van der Waals surface area contributed by atoms with Gasteiger partial charge in [0.25, 0.3) is 0 Å². The lowest BCUT2D eigenvalue weighted by Gasteiger charge is -2.27. The van der Waals surface area contributed by atoms with Crippen molar-refractivity contribution < 1.29 is 14.3 Å². The van der Waals surface area contributed by atoms with Crippen molar-refractivity contribution in [1.29, 1.82) is 0 Å². The van der Waals surface area contributed by atoms with Crippen molar-refractivity contribution in [3.63, 3.8) is 0 Å². The lowest BCUT2D eigenvalue weighted by Crippen LogP contribution is -2.47. The Labute approximate surface area is 108 Å². The molecule has 0 aromatic rings. The maximum atomic E-state index is 11.9. The molecule has 1 unspecified atom stereocenters. The van der Waals surface area contributed by atoms with E-state index in [2.05, 4.69) is 11.2 Å². The maximum absolute atomic E-state index is 11.9. The van der Waals surface area contributed by atoms with Crippen LogP contribution in [0.2, 0.25) is 0 Å². The minimum atomic E-state index is -0.556. The Kier molecular flexibility index (Phi) is 4.60. The first kappa shape index (κ1) is 14.4. The number of nitrogens with one attached hydrogen (secondary N) is 1. The van der Waals surface area contributed by atoms with E-state index in [4.69, 9.17) is 11.2 Å². The van der Waals surface area contributed by atoms with Gasteiger partial charge in [0.05, 0.1) is 6.54 Å². The third-order valence-electron chi connectivity index (χ3n) is 2.55. The predicted molar refractivity (Wildman–Crippen MR) is 67.8 cm³/mol. The van der Waals surface area contributed by atoms with Gasteiger partial charge < -0.3 is 10.1 Å². The second kappa shape index (κ2) is 5.76. The fraction of sp³-hybridized carbons (Fsp3) is 0.692. The molecule has 1 rings (SSSR count). The molecule has 0 bridgehead atoms. The van der Waals surface area contributed by atoms with E-state index in [1.54, 1.807) is 20.8 Å². The zero-order chi connectivity index (χ0) is 13.8. The van der Waals surface area contributed by atoms with E-state index in [9.17, 15) is 9.59 Å². The summed E-state index contributed by atoms with van der Waals surface area (Å²) in [7, 11) is 0. The van der Waals surface area contributed by atoms with Crippen LogP contribution in [0.3, 0.4) is 0 Å². The molecule has 100 valence electrons. The Morgan fingerprint density at radius 1 is 1.50 bits per heavy atom. The van der Waals surface area contributed by atoms with Gasteiger partial charge in [-0.1, -0.05) is 5.92 Å². The highest BCUT2D eigenvalue weighted by atomic mass is 16.6. The normalized spacial score (nSPS) is 19.2. The molecule has 0 aromatic carbocycles. The first-order valence-electron chi connectivity index (χ1n) is 6.06. The van der Waals surface area contributed by atoms with Crippen LogP contribution in [0.4, 0.5) is 4.79 Å². The minimum absolute atomic E-state index is 0.178. The van der Waals surface area contributed by atoms with Gasteiger partial charge in [-0.25, -0.2) is 4.79 Å². The number of hydrogen-bond donors (Lipinski definition) is 1. The Morgan fingerprint density at radius 2 is 2.17 bits per heavy atom. The van der Waals surface area contributed by atoms with Crippen molar-refractivity contribution >= 4 is 12.0 Å². The van der Waals surface area contributed by atoms with E-state index in [1.807, 2.05) is 0 Å². The third kappa shape index (κ3) is 3.95. The first-order chi connectivity index (χ1) is 8.35. The van der Waals surface area contributed by atoms with Crippen LogP contribution in [0.1, 0.15) is 33.6 Å². The molecule has 2 amide bonds. The fourth-order valence-electron chi connectivity index (χ4n) is 1.83. The summed E-state index contributed by atoms with van der Waals surface area (Å²) >= 11 is 0. The number of rotatable bonds is 2. The Bertz CT molecular complexity index is 365. The quantitative estimate of drug-likeness (QED) is 0.750. The van der Waals surface area contributed by atoms with Crippen molar-refractivity contribution in [2.45, 2.75) is 45.3 Å². The lowest BCUT2D eigenvalue weighted by molar-refractivity contribution is -0.125. The van der Waals surface area contributed by atoms with Crippen LogP contribution in [-0.4, -0.2) is 41.6 Å². The van der Waals surface area contributed by atoms with Crippen molar-refractivity contribution in [3.05, 3.63) is 0 Å². The number of carbonyl (C=O) groups excluding carboxylic acids is 2. The summed E-state index contributed by atoms with van der Waals surface area (Å²) in [6, 6.07) is -0.465. The summed E-state index contributed by atoms with van der Waals surface area (Å²) in [6.07, 6.45) is 6.09. The molecule has 1 fully saturated rings. The van der Waals surface area contributed by atoms with Gasteiger partial charge in [0.1, 0.15) is 11.6 Å². The molecule has 0 aromatic heterocycles. The summed E-state index contributed by atoms with van der Waals surface area (Å²) in [6.45, 7) is 6.12. The first-order valence-corrected chi connectivity index (χ1v) is 6.06. The van der Waals surface area contributed by atoms with Crippen LogP contribution < -0.4 is 5.32 Å². The highest BCUT2D eigenvalue weighted by Gasteiger charge is 2.36. The smallest absolute Gasteiger partial charge is 0.410 e. The molecule has 1 heterocycles. The summed E-state index contributed by atoms with van der Waals surface area (Å²) in [5, 5.41) is 2.60. The second-order valence-corrected chi connectivity index (χ2v) is 5.25. The van der Waals surface area contributed by atoms with E-state index in [1.165, 1.54) is 4.90 Å². The van der Waals surface area contributed by atoms with Crippen LogP contribution in [0.5, 0.6) is 0 Å². The van der Waals surface area contributed by atoms with Crippen LogP contribution in [0.25, 0.3) is 0 Å². The van der Waals surface area contributed by atoms with Crippen LogP contribution >= 0.6 is 0 Å². The minimum Gasteiger partial charge on any atom is -0.444 e. The molecule has 1 aliphatic heterocycles. The Balaban J connectivity index is 2.62. The molecular formula is C13H20N2O3. The van der Waals surface area contributed by atoms with Gasteiger partial charge >= 0.3 is 6.09 Å². The Hall–Kier alpha value is -1.70. The van der Waals surface area contributed by atoms with Gasteiger partial charge in [0, 0.05) is 6.54 Å². The van der Waals surface area contributed by atoms with E-state index < -0.39 is 17.7 Å². The SMILES string of the molecule is C#CCNC(=O)C1CCCN1C(=O)OC(C)(C)C. The average molecular weight is 252 g/mol. The zero-order valence-corrected chi connectivity index (χ0v) is 11.2. The van der Waals surface area contributed by atoms with E-state index >= 15 is 0 Å². The van der Waals surface area contributed by atoms with Crippen LogP contribution in [-0.2, 0) is 9.53 Å². The molecule has 1 saturated heterocycles. The van der Waals surface area contributed by atoms with Gasteiger partial charge in [-0.3, -0.25) is 9.69 Å². The van der Waals surface area contributed by atoms with E-state index in [-0.39, 0.29) is 12.5 Å². The highest BCUT2D eigenvalue weighted by Crippen LogP contribution is 2.20. The molecule has 1 atom stereocenters. The number of terminal acetylenes is 1. The Morgan fingerprint density at radius 3 is 2.72 bits per heavy atom. The third-order valence-corrected chi connectivity index (χ3v) is 2.55. The predicted octanol–water partition coefficient (Wildman–Crippen LogP) is 1.14. The average Bonchev–Trinajstić information content (AvgIpc) is 2.72. The second-order valence-electron chi connectivity index (χ2n) is 5.25. The standard InChI is InChI=1S/C13H20N2O3/c1-5-8-14-11(16)10-7-6-9-15(10)12(17)18-13(2,3)4/h1,10H,6-9H2,2-4H3,(H,14,16). The maximum Gasteiger partial charge on any atom is 0.410 e. The molecule has 0 aliphatic carbocycles. The molecular weight excluding hydrogens is 232 g/mol. The number of nitrogens with zero attached hydrogens (tertiary/aromatic N) is 1. The number of hydrogen-bond acceptors (Lipinski definition) is 3. The van der Waals surface area contributed by atoms with Gasteiger partial charge in [-0.05, 0) is 33.6 Å². The van der Waals surface area contributed by atoms with Gasteiger partial charge in [0.15, 0.2) is 0 Å².